The summed E-state index contributed by atoms with van der Waals surface area (Å²) in [6.07, 6.45) is 4.95. The Bertz CT molecular complexity index is 523. The number of imidazole rings is 1. The molecule has 1 aromatic heterocycles. The van der Waals surface area contributed by atoms with Crippen LogP contribution < -0.4 is 5.32 Å². The van der Waals surface area contributed by atoms with Crippen molar-refractivity contribution in [2.24, 2.45) is 0 Å². The van der Waals surface area contributed by atoms with Crippen molar-refractivity contribution in [3.05, 3.63) is 54.4 Å². The van der Waals surface area contributed by atoms with Crippen LogP contribution in [0.1, 0.15) is 18.2 Å². The summed E-state index contributed by atoms with van der Waals surface area (Å²) in [5.41, 5.74) is 3.40. The molecule has 0 aliphatic rings. The average Bonchev–Trinajstić information content (AvgIpc) is 2.71. The Morgan fingerprint density at radius 1 is 1.33 bits per heavy atom. The molecule has 1 aromatic carbocycles. The maximum atomic E-state index is 4.47. The Hall–Kier alpha value is -2.03. The van der Waals surface area contributed by atoms with Gasteiger partial charge >= 0.3 is 0 Å². The summed E-state index contributed by atoms with van der Waals surface area (Å²) < 4.78 is 2.05. The highest BCUT2D eigenvalue weighted by Gasteiger charge is 2.04. The molecule has 1 heterocycles. The zero-order valence-corrected chi connectivity index (χ0v) is 11.0. The van der Waals surface area contributed by atoms with Crippen molar-refractivity contribution in [3.63, 3.8) is 0 Å². The number of anilines is 2. The molecule has 1 N–H and O–H groups in total. The van der Waals surface area contributed by atoms with Gasteiger partial charge in [0.05, 0.1) is 5.69 Å². The SMILES string of the molecule is C=CCn1cc(C)nc1Nc1ccc(CC)cc1. The van der Waals surface area contributed by atoms with E-state index in [1.807, 2.05) is 19.2 Å². The zero-order valence-electron chi connectivity index (χ0n) is 11.0. The first-order chi connectivity index (χ1) is 8.72. The predicted octanol–water partition coefficient (Wildman–Crippen LogP) is 3.68. The second-order valence-electron chi connectivity index (χ2n) is 4.32. The van der Waals surface area contributed by atoms with Gasteiger partial charge in [-0.05, 0) is 31.0 Å². The summed E-state index contributed by atoms with van der Waals surface area (Å²) in [5.74, 6) is 0.858. The molecule has 0 unspecified atom stereocenters. The molecule has 0 bridgehead atoms. The van der Waals surface area contributed by atoms with Gasteiger partial charge in [0.2, 0.25) is 5.95 Å². The second kappa shape index (κ2) is 5.54. The van der Waals surface area contributed by atoms with Crippen LogP contribution in [0.5, 0.6) is 0 Å². The summed E-state index contributed by atoms with van der Waals surface area (Å²) in [6, 6.07) is 8.44. The molecule has 94 valence electrons. The molecule has 18 heavy (non-hydrogen) atoms. The van der Waals surface area contributed by atoms with Crippen LogP contribution in [0.3, 0.4) is 0 Å². The molecular formula is C15H19N3. The van der Waals surface area contributed by atoms with Gasteiger partial charge < -0.3 is 9.88 Å². The van der Waals surface area contributed by atoms with E-state index in [1.54, 1.807) is 0 Å². The van der Waals surface area contributed by atoms with Crippen molar-refractivity contribution in [1.29, 1.82) is 0 Å². The molecule has 2 aromatic rings. The Kier molecular flexibility index (Phi) is 3.82. The van der Waals surface area contributed by atoms with Gasteiger partial charge in [0.15, 0.2) is 0 Å². The monoisotopic (exact) mass is 241 g/mol. The Morgan fingerprint density at radius 3 is 2.67 bits per heavy atom. The average molecular weight is 241 g/mol. The van der Waals surface area contributed by atoms with Gasteiger partial charge in [-0.1, -0.05) is 25.1 Å². The molecule has 0 fully saturated rings. The quantitative estimate of drug-likeness (QED) is 0.809. The molecule has 0 spiro atoms. The van der Waals surface area contributed by atoms with Gasteiger partial charge in [0.25, 0.3) is 0 Å². The van der Waals surface area contributed by atoms with E-state index in [4.69, 9.17) is 0 Å². The first-order valence-electron chi connectivity index (χ1n) is 6.23. The Labute approximate surface area is 108 Å². The summed E-state index contributed by atoms with van der Waals surface area (Å²) in [5, 5.41) is 3.33. The third-order valence-electron chi connectivity index (χ3n) is 2.84. The van der Waals surface area contributed by atoms with E-state index in [0.717, 1.165) is 30.3 Å². The fourth-order valence-electron chi connectivity index (χ4n) is 1.88. The number of hydrogen-bond donors (Lipinski definition) is 1. The highest BCUT2D eigenvalue weighted by molar-refractivity contribution is 5.54. The van der Waals surface area contributed by atoms with Crippen molar-refractivity contribution in [3.8, 4) is 0 Å². The highest BCUT2D eigenvalue weighted by atomic mass is 15.2. The topological polar surface area (TPSA) is 29.9 Å². The fraction of sp³-hybridized carbons (Fsp3) is 0.267. The lowest BCUT2D eigenvalue weighted by Gasteiger charge is -2.08. The molecule has 0 saturated heterocycles. The number of allylic oxidation sites excluding steroid dienone is 1. The molecule has 0 amide bonds. The van der Waals surface area contributed by atoms with Crippen molar-refractivity contribution < 1.29 is 0 Å². The summed E-state index contributed by atoms with van der Waals surface area (Å²) in [6.45, 7) is 8.67. The molecule has 0 saturated carbocycles. The first-order valence-corrected chi connectivity index (χ1v) is 6.23. The van der Waals surface area contributed by atoms with Gasteiger partial charge in [-0.2, -0.15) is 0 Å². The predicted molar refractivity (Wildman–Crippen MR) is 76.3 cm³/mol. The minimum atomic E-state index is 0.760. The summed E-state index contributed by atoms with van der Waals surface area (Å²) in [7, 11) is 0. The number of hydrogen-bond acceptors (Lipinski definition) is 2. The van der Waals surface area contributed by atoms with E-state index >= 15 is 0 Å². The van der Waals surface area contributed by atoms with Crippen LogP contribution >= 0.6 is 0 Å². The third kappa shape index (κ3) is 2.80. The summed E-state index contributed by atoms with van der Waals surface area (Å²) >= 11 is 0. The second-order valence-corrected chi connectivity index (χ2v) is 4.32. The van der Waals surface area contributed by atoms with Gasteiger partial charge in [0, 0.05) is 18.4 Å². The number of aryl methyl sites for hydroxylation is 2. The van der Waals surface area contributed by atoms with E-state index in [9.17, 15) is 0 Å². The Balaban J connectivity index is 2.19. The molecule has 0 aliphatic heterocycles. The summed E-state index contributed by atoms with van der Waals surface area (Å²) in [4.78, 5) is 4.47. The smallest absolute Gasteiger partial charge is 0.207 e. The molecule has 2 rings (SSSR count). The van der Waals surface area contributed by atoms with E-state index in [0.29, 0.717) is 0 Å². The van der Waals surface area contributed by atoms with E-state index < -0.39 is 0 Å². The molecule has 3 nitrogen and oxygen atoms in total. The lowest BCUT2D eigenvalue weighted by Crippen LogP contribution is -2.01. The van der Waals surface area contributed by atoms with E-state index in [2.05, 4.69) is 52.6 Å². The zero-order chi connectivity index (χ0) is 13.0. The van der Waals surface area contributed by atoms with Crippen molar-refractivity contribution >= 4 is 11.6 Å². The third-order valence-corrected chi connectivity index (χ3v) is 2.84. The normalized spacial score (nSPS) is 10.3. The van der Waals surface area contributed by atoms with Crippen molar-refractivity contribution in [2.75, 3.05) is 5.32 Å². The van der Waals surface area contributed by atoms with Crippen LogP contribution in [0.2, 0.25) is 0 Å². The maximum absolute atomic E-state index is 4.47. The largest absolute Gasteiger partial charge is 0.326 e. The molecule has 0 aliphatic carbocycles. The van der Waals surface area contributed by atoms with Gasteiger partial charge in [0.1, 0.15) is 0 Å². The number of nitrogens with zero attached hydrogens (tertiary/aromatic N) is 2. The van der Waals surface area contributed by atoms with Crippen LogP contribution in [0.15, 0.2) is 43.1 Å². The highest BCUT2D eigenvalue weighted by Crippen LogP contribution is 2.17. The van der Waals surface area contributed by atoms with Crippen LogP contribution in [-0.2, 0) is 13.0 Å². The lowest BCUT2D eigenvalue weighted by molar-refractivity contribution is 0.832. The lowest BCUT2D eigenvalue weighted by atomic mass is 10.1. The molecular weight excluding hydrogens is 222 g/mol. The van der Waals surface area contributed by atoms with Crippen LogP contribution in [-0.4, -0.2) is 9.55 Å². The minimum Gasteiger partial charge on any atom is -0.326 e. The van der Waals surface area contributed by atoms with Crippen LogP contribution in [0, 0.1) is 6.92 Å². The van der Waals surface area contributed by atoms with Crippen molar-refractivity contribution in [1.82, 2.24) is 9.55 Å². The number of aromatic nitrogens is 2. The number of nitrogens with one attached hydrogen (secondary N) is 1. The van der Waals surface area contributed by atoms with Gasteiger partial charge in [-0.25, -0.2) is 4.98 Å². The maximum Gasteiger partial charge on any atom is 0.207 e. The minimum absolute atomic E-state index is 0.760. The molecule has 3 heteroatoms. The van der Waals surface area contributed by atoms with E-state index in [1.165, 1.54) is 5.56 Å². The number of benzene rings is 1. The van der Waals surface area contributed by atoms with Crippen LogP contribution in [0.25, 0.3) is 0 Å². The van der Waals surface area contributed by atoms with Crippen LogP contribution in [0.4, 0.5) is 11.6 Å². The standard InChI is InChI=1S/C15H19N3/c1-4-10-18-11-12(3)16-15(18)17-14-8-6-13(5-2)7-9-14/h4,6-9,11H,1,5,10H2,2-3H3,(H,16,17). The number of rotatable bonds is 5. The first kappa shape index (κ1) is 12.4. The Morgan fingerprint density at radius 2 is 2.06 bits per heavy atom. The molecule has 0 atom stereocenters. The fourth-order valence-corrected chi connectivity index (χ4v) is 1.88. The van der Waals surface area contributed by atoms with Gasteiger partial charge in [-0.3, -0.25) is 0 Å². The van der Waals surface area contributed by atoms with Crippen molar-refractivity contribution in [2.45, 2.75) is 26.8 Å². The van der Waals surface area contributed by atoms with E-state index in [-0.39, 0.29) is 0 Å². The molecule has 0 radical (unpaired) electrons. The van der Waals surface area contributed by atoms with Gasteiger partial charge in [-0.15, -0.1) is 6.58 Å².